The molecule has 0 bridgehead atoms. The van der Waals surface area contributed by atoms with Crippen LogP contribution in [-0.4, -0.2) is 19.7 Å². The summed E-state index contributed by atoms with van der Waals surface area (Å²) in [6.45, 7) is 0. The fourth-order valence-corrected chi connectivity index (χ4v) is 1.10. The van der Waals surface area contributed by atoms with Gasteiger partial charge in [0.15, 0.2) is 5.82 Å². The molecule has 6 nitrogen and oxygen atoms in total. The Labute approximate surface area is 80.6 Å². The highest BCUT2D eigenvalue weighted by Crippen LogP contribution is 2.21. The van der Waals surface area contributed by atoms with Crippen molar-refractivity contribution in [1.82, 2.24) is 19.7 Å². The van der Waals surface area contributed by atoms with Gasteiger partial charge in [-0.1, -0.05) is 0 Å². The van der Waals surface area contributed by atoms with Crippen LogP contribution >= 0.6 is 0 Å². The minimum atomic E-state index is 0.350. The predicted molar refractivity (Wildman–Crippen MR) is 53.1 cm³/mol. The second kappa shape index (κ2) is 2.99. The van der Waals surface area contributed by atoms with E-state index in [1.54, 1.807) is 25.5 Å². The van der Waals surface area contributed by atoms with Crippen molar-refractivity contribution >= 4 is 11.6 Å². The molecule has 0 saturated heterocycles. The van der Waals surface area contributed by atoms with Gasteiger partial charge >= 0.3 is 0 Å². The average molecular weight is 190 g/mol. The molecule has 0 fully saturated rings. The quantitative estimate of drug-likeness (QED) is 0.662. The highest BCUT2D eigenvalue weighted by atomic mass is 15.4. The number of aromatic nitrogens is 4. The molecule has 0 spiro atoms. The number of rotatable bonds is 1. The Kier molecular flexibility index (Phi) is 1.81. The van der Waals surface area contributed by atoms with Gasteiger partial charge in [0.2, 0.25) is 5.95 Å². The molecule has 6 heteroatoms. The molecule has 0 aliphatic heterocycles. The Hall–Kier alpha value is -2.11. The number of hydrogen-bond donors (Lipinski definition) is 2. The third-order valence-electron chi connectivity index (χ3n) is 1.89. The second-order valence-electron chi connectivity index (χ2n) is 2.88. The number of hydrogen-bond acceptors (Lipinski definition) is 5. The molecule has 0 aromatic carbocycles. The summed E-state index contributed by atoms with van der Waals surface area (Å²) < 4.78 is 1.49. The minimum Gasteiger partial charge on any atom is -0.398 e. The number of nitrogen functional groups attached to an aromatic ring is 2. The molecule has 0 atom stereocenters. The van der Waals surface area contributed by atoms with Crippen LogP contribution in [0.25, 0.3) is 11.4 Å². The summed E-state index contributed by atoms with van der Waals surface area (Å²) in [5.74, 6) is 0.846. The molecule has 0 amide bonds. The fourth-order valence-electron chi connectivity index (χ4n) is 1.10. The number of aryl methyl sites for hydroxylation is 1. The van der Waals surface area contributed by atoms with Gasteiger partial charge in [-0.25, -0.2) is 4.68 Å². The maximum atomic E-state index is 5.74. The molecule has 0 aliphatic rings. The van der Waals surface area contributed by atoms with Crippen molar-refractivity contribution in [3.8, 4) is 11.4 Å². The molecule has 4 N–H and O–H groups in total. The van der Waals surface area contributed by atoms with Gasteiger partial charge in [-0.2, -0.15) is 4.98 Å². The first-order valence-electron chi connectivity index (χ1n) is 4.05. The number of nitrogens with two attached hydrogens (primary N) is 2. The van der Waals surface area contributed by atoms with Crippen LogP contribution in [0.3, 0.4) is 0 Å². The van der Waals surface area contributed by atoms with E-state index in [0.717, 1.165) is 0 Å². The molecule has 72 valence electrons. The van der Waals surface area contributed by atoms with Crippen molar-refractivity contribution in [3.05, 3.63) is 18.5 Å². The van der Waals surface area contributed by atoms with Crippen LogP contribution in [0.15, 0.2) is 18.5 Å². The van der Waals surface area contributed by atoms with Gasteiger partial charge in [-0.15, -0.1) is 5.10 Å². The van der Waals surface area contributed by atoms with Gasteiger partial charge in [0, 0.05) is 25.1 Å². The van der Waals surface area contributed by atoms with Gasteiger partial charge in [0.1, 0.15) is 0 Å². The Balaban J connectivity index is 2.55. The summed E-state index contributed by atoms with van der Waals surface area (Å²) in [4.78, 5) is 8.00. The SMILES string of the molecule is Cn1nc(-c2cnccc2N)nc1N. The number of nitrogens with zero attached hydrogens (tertiary/aromatic N) is 4. The molecule has 0 saturated carbocycles. The van der Waals surface area contributed by atoms with Crippen LogP contribution < -0.4 is 11.5 Å². The van der Waals surface area contributed by atoms with E-state index < -0.39 is 0 Å². The maximum absolute atomic E-state index is 5.74. The van der Waals surface area contributed by atoms with Crippen LogP contribution in [0.4, 0.5) is 11.6 Å². The van der Waals surface area contributed by atoms with Crippen molar-refractivity contribution in [2.24, 2.45) is 7.05 Å². The predicted octanol–water partition coefficient (Wildman–Crippen LogP) is 0.0415. The van der Waals surface area contributed by atoms with E-state index in [4.69, 9.17) is 11.5 Å². The zero-order valence-corrected chi connectivity index (χ0v) is 7.68. The van der Waals surface area contributed by atoms with Crippen LogP contribution in [0.2, 0.25) is 0 Å². The lowest BCUT2D eigenvalue weighted by Gasteiger charge is -1.97. The van der Waals surface area contributed by atoms with Gasteiger partial charge in [-0.3, -0.25) is 4.98 Å². The van der Waals surface area contributed by atoms with Crippen molar-refractivity contribution in [2.45, 2.75) is 0 Å². The van der Waals surface area contributed by atoms with E-state index in [0.29, 0.717) is 23.0 Å². The van der Waals surface area contributed by atoms with Gasteiger partial charge in [0.05, 0.1) is 5.56 Å². The summed E-state index contributed by atoms with van der Waals surface area (Å²) in [5, 5.41) is 4.10. The summed E-state index contributed by atoms with van der Waals surface area (Å²) in [6, 6.07) is 1.70. The first kappa shape index (κ1) is 8.49. The maximum Gasteiger partial charge on any atom is 0.218 e. The summed E-state index contributed by atoms with van der Waals surface area (Å²) in [5.41, 5.74) is 12.6. The van der Waals surface area contributed by atoms with E-state index >= 15 is 0 Å². The third kappa shape index (κ3) is 1.26. The van der Waals surface area contributed by atoms with E-state index in [-0.39, 0.29) is 0 Å². The Morgan fingerprint density at radius 1 is 1.36 bits per heavy atom. The molecule has 0 unspecified atom stereocenters. The standard InChI is InChI=1S/C8H10N6/c1-14-8(10)12-7(13-14)5-4-11-3-2-6(5)9/h2-4H,1H3,(H2,9,11)(H2,10,12,13). The highest BCUT2D eigenvalue weighted by Gasteiger charge is 2.09. The summed E-state index contributed by atoms with van der Waals surface area (Å²) in [6.07, 6.45) is 3.23. The van der Waals surface area contributed by atoms with Crippen molar-refractivity contribution in [3.63, 3.8) is 0 Å². The van der Waals surface area contributed by atoms with Gasteiger partial charge < -0.3 is 11.5 Å². The summed E-state index contributed by atoms with van der Waals surface area (Å²) in [7, 11) is 1.72. The molecule has 2 heterocycles. The average Bonchev–Trinajstić information content (AvgIpc) is 2.48. The van der Waals surface area contributed by atoms with Crippen LogP contribution in [0, 0.1) is 0 Å². The van der Waals surface area contributed by atoms with Crippen molar-refractivity contribution in [1.29, 1.82) is 0 Å². The largest absolute Gasteiger partial charge is 0.398 e. The van der Waals surface area contributed by atoms with E-state index in [1.807, 2.05) is 0 Å². The number of pyridine rings is 1. The van der Waals surface area contributed by atoms with E-state index in [2.05, 4.69) is 15.1 Å². The summed E-state index contributed by atoms with van der Waals surface area (Å²) >= 11 is 0. The molecule has 2 aromatic heterocycles. The first-order chi connectivity index (χ1) is 6.68. The smallest absolute Gasteiger partial charge is 0.218 e. The molecule has 14 heavy (non-hydrogen) atoms. The lowest BCUT2D eigenvalue weighted by molar-refractivity contribution is 0.781. The Bertz CT molecular complexity index is 441. The third-order valence-corrected chi connectivity index (χ3v) is 1.89. The normalized spacial score (nSPS) is 10.4. The Morgan fingerprint density at radius 2 is 2.14 bits per heavy atom. The topological polar surface area (TPSA) is 95.6 Å². The van der Waals surface area contributed by atoms with Gasteiger partial charge in [0.25, 0.3) is 0 Å². The lowest BCUT2D eigenvalue weighted by atomic mass is 10.2. The number of anilines is 2. The lowest BCUT2D eigenvalue weighted by Crippen LogP contribution is -1.97. The zero-order chi connectivity index (χ0) is 10.1. The molecule has 0 aliphatic carbocycles. The van der Waals surface area contributed by atoms with E-state index in [1.165, 1.54) is 4.68 Å². The molecule has 2 aromatic rings. The molecule has 0 radical (unpaired) electrons. The van der Waals surface area contributed by atoms with Crippen molar-refractivity contribution in [2.75, 3.05) is 11.5 Å². The fraction of sp³-hybridized carbons (Fsp3) is 0.125. The van der Waals surface area contributed by atoms with Crippen LogP contribution in [-0.2, 0) is 7.05 Å². The minimum absolute atomic E-state index is 0.350. The Morgan fingerprint density at radius 3 is 2.71 bits per heavy atom. The second-order valence-corrected chi connectivity index (χ2v) is 2.88. The first-order valence-corrected chi connectivity index (χ1v) is 4.05. The van der Waals surface area contributed by atoms with E-state index in [9.17, 15) is 0 Å². The monoisotopic (exact) mass is 190 g/mol. The van der Waals surface area contributed by atoms with Gasteiger partial charge in [-0.05, 0) is 6.07 Å². The van der Waals surface area contributed by atoms with Crippen LogP contribution in [0.5, 0.6) is 0 Å². The highest BCUT2D eigenvalue weighted by molar-refractivity contribution is 5.70. The molecule has 2 rings (SSSR count). The zero-order valence-electron chi connectivity index (χ0n) is 7.68. The molecular formula is C8H10N6. The molecular weight excluding hydrogens is 180 g/mol. The van der Waals surface area contributed by atoms with Crippen LogP contribution in [0.1, 0.15) is 0 Å². The van der Waals surface area contributed by atoms with Crippen molar-refractivity contribution < 1.29 is 0 Å².